The van der Waals surface area contributed by atoms with Crippen LogP contribution in [0.3, 0.4) is 0 Å². The van der Waals surface area contributed by atoms with Crippen LogP contribution >= 0.6 is 0 Å². The van der Waals surface area contributed by atoms with Gasteiger partial charge in [-0.25, -0.2) is 0 Å². The van der Waals surface area contributed by atoms with Crippen molar-refractivity contribution >= 4 is 0 Å². The van der Waals surface area contributed by atoms with Gasteiger partial charge in [0, 0.05) is 0 Å². The molecule has 0 heterocycles. The topological polar surface area (TPSA) is 74.6 Å². The molecule has 0 saturated carbocycles. The Morgan fingerprint density at radius 1 is 0.769 bits per heavy atom. The molecule has 13 heavy (non-hydrogen) atoms. The summed E-state index contributed by atoms with van der Waals surface area (Å²) in [6, 6.07) is 5.58. The van der Waals surface area contributed by atoms with Crippen LogP contribution in [0.25, 0.3) is 0 Å². The largest absolute Gasteiger partial charge is 1.00 e. The van der Waals surface area contributed by atoms with E-state index >= 15 is 0 Å². The fourth-order valence-corrected chi connectivity index (χ4v) is 0.468. The Hall–Kier alpha value is 1.43. The summed E-state index contributed by atoms with van der Waals surface area (Å²) in [5.74, 6) is 0. The van der Waals surface area contributed by atoms with Crippen LogP contribution in [0.15, 0.2) is 0 Å². The number of nitrogens with zero attached hydrogens (tertiary/aromatic N) is 4. The van der Waals surface area contributed by atoms with E-state index in [-0.39, 0.29) is 113 Å². The van der Waals surface area contributed by atoms with E-state index in [0.29, 0.717) is 0 Å². The van der Waals surface area contributed by atoms with E-state index in [2.05, 4.69) is 0 Å². The zero-order valence-corrected chi connectivity index (χ0v) is 14.4. The van der Waals surface area contributed by atoms with Crippen molar-refractivity contribution in [3.63, 3.8) is 0 Å². The maximum absolute atomic E-state index is 8.18. The molecule has 4 nitrogen and oxygen atoms in total. The standard InChI is InChI=1S/C6H6N4.3Na.3H/c7-1-4-10(5-2-8)6-3-9;;;;;;/h4-6H2;;;;;;/q;3*+1;3*-1. The summed E-state index contributed by atoms with van der Waals surface area (Å²) in [7, 11) is 0. The molecule has 0 bridgehead atoms. The second-order valence-corrected chi connectivity index (χ2v) is 1.62. The van der Waals surface area contributed by atoms with Gasteiger partial charge in [-0.3, -0.25) is 4.90 Å². The zero-order valence-electron chi connectivity index (χ0n) is 11.4. The maximum atomic E-state index is 8.18. The molecule has 0 aromatic carbocycles. The molecule has 0 aliphatic heterocycles. The van der Waals surface area contributed by atoms with Gasteiger partial charge in [0.1, 0.15) is 0 Å². The predicted molar refractivity (Wildman–Crippen MR) is 36.6 cm³/mol. The Bertz CT molecular complexity index is 184. The minimum atomic E-state index is 0. The van der Waals surface area contributed by atoms with E-state index in [1.165, 1.54) is 4.90 Å². The number of rotatable bonds is 3. The quantitative estimate of drug-likeness (QED) is 0.339. The van der Waals surface area contributed by atoms with E-state index in [1.54, 1.807) is 0 Å². The van der Waals surface area contributed by atoms with E-state index in [9.17, 15) is 0 Å². The molecule has 0 N–H and O–H groups in total. The van der Waals surface area contributed by atoms with Crippen LogP contribution < -0.4 is 88.7 Å². The Labute approximate surface area is 149 Å². The molecule has 0 unspecified atom stereocenters. The van der Waals surface area contributed by atoms with Gasteiger partial charge in [-0.1, -0.05) is 0 Å². The second-order valence-electron chi connectivity index (χ2n) is 1.62. The summed E-state index contributed by atoms with van der Waals surface area (Å²) in [5.41, 5.74) is 0. The third-order valence-corrected chi connectivity index (χ3v) is 0.883. The number of nitriles is 3. The van der Waals surface area contributed by atoms with Crippen LogP contribution in [0.2, 0.25) is 0 Å². The fourth-order valence-electron chi connectivity index (χ4n) is 0.468. The van der Waals surface area contributed by atoms with Crippen molar-refractivity contribution in [3.8, 4) is 18.2 Å². The first-order chi connectivity index (χ1) is 4.85. The van der Waals surface area contributed by atoms with Crippen LogP contribution in [0.4, 0.5) is 0 Å². The Morgan fingerprint density at radius 3 is 1.15 bits per heavy atom. The molecule has 0 aromatic rings. The van der Waals surface area contributed by atoms with Crippen LogP contribution in [-0.4, -0.2) is 24.5 Å². The average Bonchev–Trinajstić information content (AvgIpc) is 1.90. The van der Waals surface area contributed by atoms with Gasteiger partial charge in [0.2, 0.25) is 0 Å². The predicted octanol–water partition coefficient (Wildman–Crippen LogP) is -8.79. The SMILES string of the molecule is N#CCN(CC#N)CC#N.[H-].[H-].[H-].[Na+].[Na+].[Na+]. The summed E-state index contributed by atoms with van der Waals surface area (Å²) in [6.07, 6.45) is 0. The summed E-state index contributed by atoms with van der Waals surface area (Å²) in [6.45, 7) is 0.420. The van der Waals surface area contributed by atoms with Crippen molar-refractivity contribution in [2.45, 2.75) is 0 Å². The Morgan fingerprint density at radius 2 is 1.00 bits per heavy atom. The van der Waals surface area contributed by atoms with Gasteiger partial charge in [0.05, 0.1) is 37.8 Å². The molecule has 56 valence electrons. The number of hydrogen-bond donors (Lipinski definition) is 0. The van der Waals surface area contributed by atoms with E-state index in [1.807, 2.05) is 18.2 Å². The first kappa shape index (κ1) is 23.9. The molecule has 0 atom stereocenters. The minimum absolute atomic E-state index is 0. The minimum Gasteiger partial charge on any atom is -1.00 e. The Kier molecular flexibility index (Phi) is 35.1. The fraction of sp³-hybridized carbons (Fsp3) is 0.500. The maximum Gasteiger partial charge on any atom is 1.00 e. The molecule has 0 amide bonds. The van der Waals surface area contributed by atoms with Gasteiger partial charge in [-0.05, 0) is 0 Å². The zero-order chi connectivity index (χ0) is 7.82. The third-order valence-electron chi connectivity index (χ3n) is 0.883. The van der Waals surface area contributed by atoms with Crippen molar-refractivity contribution in [1.82, 2.24) is 4.90 Å². The summed E-state index contributed by atoms with van der Waals surface area (Å²) >= 11 is 0. The molecule has 0 aliphatic carbocycles. The first-order valence-electron chi connectivity index (χ1n) is 2.68. The number of hydrogen-bond acceptors (Lipinski definition) is 4. The van der Waals surface area contributed by atoms with Crippen LogP contribution in [0.5, 0.6) is 0 Å². The van der Waals surface area contributed by atoms with Gasteiger partial charge in [0.15, 0.2) is 0 Å². The van der Waals surface area contributed by atoms with Crippen molar-refractivity contribution in [3.05, 3.63) is 0 Å². The molecular weight excluding hydrogens is 197 g/mol. The third kappa shape index (κ3) is 16.1. The van der Waals surface area contributed by atoms with Gasteiger partial charge >= 0.3 is 88.7 Å². The summed E-state index contributed by atoms with van der Waals surface area (Å²) in [5, 5.41) is 24.5. The summed E-state index contributed by atoms with van der Waals surface area (Å²) in [4.78, 5) is 1.46. The smallest absolute Gasteiger partial charge is 1.00 e. The second kappa shape index (κ2) is 19.1. The molecule has 0 spiro atoms. The van der Waals surface area contributed by atoms with Crippen LogP contribution in [0.1, 0.15) is 4.28 Å². The molecule has 0 radical (unpaired) electrons. The van der Waals surface area contributed by atoms with Crippen LogP contribution in [-0.2, 0) is 0 Å². The summed E-state index contributed by atoms with van der Waals surface area (Å²) < 4.78 is 0. The van der Waals surface area contributed by atoms with Crippen molar-refractivity contribution in [2.24, 2.45) is 0 Å². The average molecular weight is 206 g/mol. The van der Waals surface area contributed by atoms with Gasteiger partial charge in [-0.15, -0.1) is 0 Å². The van der Waals surface area contributed by atoms with E-state index < -0.39 is 0 Å². The molecule has 0 aliphatic rings. The van der Waals surface area contributed by atoms with Crippen molar-refractivity contribution in [1.29, 1.82) is 15.8 Å². The van der Waals surface area contributed by atoms with Gasteiger partial charge in [-0.2, -0.15) is 15.8 Å². The van der Waals surface area contributed by atoms with E-state index in [4.69, 9.17) is 15.8 Å². The monoisotopic (exact) mass is 206 g/mol. The van der Waals surface area contributed by atoms with Gasteiger partial charge < -0.3 is 4.28 Å². The molecule has 0 saturated heterocycles. The van der Waals surface area contributed by atoms with Crippen LogP contribution in [0, 0.1) is 34.0 Å². The normalized spacial score (nSPS) is 6.00. The molecule has 0 fully saturated rings. The van der Waals surface area contributed by atoms with E-state index in [0.717, 1.165) is 0 Å². The first-order valence-corrected chi connectivity index (χ1v) is 2.68. The Balaban J connectivity index is -0.0000000270. The van der Waals surface area contributed by atoms with Crippen molar-refractivity contribution in [2.75, 3.05) is 19.6 Å². The van der Waals surface area contributed by atoms with Crippen molar-refractivity contribution < 1.29 is 93.0 Å². The molecular formula is C6H9N4Na3. The van der Waals surface area contributed by atoms with Gasteiger partial charge in [0.25, 0.3) is 0 Å². The molecule has 7 heteroatoms. The molecule has 0 aromatic heterocycles. The molecule has 0 rings (SSSR count).